The van der Waals surface area contributed by atoms with Crippen molar-refractivity contribution in [3.05, 3.63) is 42.1 Å². The number of carbonyl (C=O) groups excluding carboxylic acids is 2. The fraction of sp³-hybridized carbons (Fsp3) is 0.500. The van der Waals surface area contributed by atoms with Crippen molar-refractivity contribution in [2.24, 2.45) is 11.7 Å². The van der Waals surface area contributed by atoms with E-state index < -0.39 is 0 Å². The number of rotatable bonds is 10. The average Bonchev–Trinajstić information content (AvgIpc) is 2.69. The van der Waals surface area contributed by atoms with Crippen LogP contribution in [0, 0.1) is 11.3 Å². The summed E-state index contributed by atoms with van der Waals surface area (Å²) in [5.41, 5.74) is 7.73. The summed E-state index contributed by atoms with van der Waals surface area (Å²) in [5, 5.41) is 10.8. The summed E-state index contributed by atoms with van der Waals surface area (Å²) in [4.78, 5) is 26.5. The van der Waals surface area contributed by atoms with Gasteiger partial charge in [0.1, 0.15) is 5.84 Å². The summed E-state index contributed by atoms with van der Waals surface area (Å²) in [5.74, 6) is -0.284. The lowest BCUT2D eigenvalue weighted by atomic mass is 9.92. The number of hydrogen-bond donors (Lipinski definition) is 3. The number of piperidine rings is 1. The molecule has 2 unspecified atom stereocenters. The first-order valence-corrected chi connectivity index (χ1v) is 10.2. The molecular formula is C22H32N4O3. The highest BCUT2D eigenvalue weighted by atomic mass is 16.5. The van der Waals surface area contributed by atoms with Crippen LogP contribution in [0.4, 0.5) is 5.69 Å². The van der Waals surface area contributed by atoms with Crippen LogP contribution in [-0.2, 0) is 14.3 Å². The van der Waals surface area contributed by atoms with E-state index in [0.29, 0.717) is 25.1 Å². The molecule has 1 amide bonds. The Morgan fingerprint density at radius 2 is 2.07 bits per heavy atom. The number of amides is 1. The van der Waals surface area contributed by atoms with Crippen molar-refractivity contribution < 1.29 is 14.3 Å². The number of nitrogens with two attached hydrogens (primary N) is 1. The fourth-order valence-electron chi connectivity index (χ4n) is 3.58. The highest BCUT2D eigenvalue weighted by Crippen LogP contribution is 2.28. The van der Waals surface area contributed by atoms with Gasteiger partial charge in [-0.05, 0) is 56.9 Å². The number of benzene rings is 1. The van der Waals surface area contributed by atoms with Gasteiger partial charge in [-0.2, -0.15) is 0 Å². The van der Waals surface area contributed by atoms with Crippen LogP contribution in [0.15, 0.2) is 36.5 Å². The molecule has 4 N–H and O–H groups in total. The lowest BCUT2D eigenvalue weighted by Crippen LogP contribution is -2.42. The third-order valence-electron chi connectivity index (χ3n) is 5.15. The number of allylic oxidation sites excluding steroid dienone is 1. The molecule has 0 aromatic heterocycles. The third kappa shape index (κ3) is 6.34. The SMILES string of the molecule is C=C(CC1CCCN(c2ccc(C(=N)N)cc2)C1=O)NC(CC)CC(=O)OCC. The van der Waals surface area contributed by atoms with Crippen LogP contribution in [0.2, 0.25) is 0 Å². The van der Waals surface area contributed by atoms with Gasteiger partial charge in [0.25, 0.3) is 0 Å². The van der Waals surface area contributed by atoms with E-state index in [0.717, 1.165) is 30.6 Å². The number of esters is 1. The molecule has 1 aliphatic heterocycles. The molecule has 0 bridgehead atoms. The Morgan fingerprint density at radius 1 is 1.38 bits per heavy atom. The van der Waals surface area contributed by atoms with Crippen molar-refractivity contribution in [3.63, 3.8) is 0 Å². The van der Waals surface area contributed by atoms with Crippen molar-refractivity contribution in [2.75, 3.05) is 18.1 Å². The molecule has 2 rings (SSSR count). The van der Waals surface area contributed by atoms with Gasteiger partial charge in [0.05, 0.1) is 13.0 Å². The molecule has 0 saturated carbocycles. The minimum Gasteiger partial charge on any atom is -0.466 e. The Balaban J connectivity index is 1.96. The number of hydrogen-bond acceptors (Lipinski definition) is 5. The van der Waals surface area contributed by atoms with Crippen molar-refractivity contribution in [2.45, 2.75) is 52.0 Å². The molecule has 7 nitrogen and oxygen atoms in total. The first kappa shape index (κ1) is 22.5. The maximum absolute atomic E-state index is 13.0. The zero-order valence-corrected chi connectivity index (χ0v) is 17.4. The molecule has 0 spiro atoms. The molecule has 158 valence electrons. The molecule has 7 heteroatoms. The maximum Gasteiger partial charge on any atom is 0.307 e. The van der Waals surface area contributed by atoms with Gasteiger partial charge in [-0.1, -0.05) is 13.5 Å². The Labute approximate surface area is 172 Å². The molecular weight excluding hydrogens is 368 g/mol. The molecule has 0 aliphatic carbocycles. The number of nitrogens with zero attached hydrogens (tertiary/aromatic N) is 1. The van der Waals surface area contributed by atoms with Crippen molar-refractivity contribution in [1.29, 1.82) is 5.41 Å². The Morgan fingerprint density at radius 3 is 2.66 bits per heavy atom. The number of anilines is 1. The first-order chi connectivity index (χ1) is 13.8. The monoisotopic (exact) mass is 400 g/mol. The van der Waals surface area contributed by atoms with E-state index >= 15 is 0 Å². The quantitative estimate of drug-likeness (QED) is 0.318. The topological polar surface area (TPSA) is 109 Å². The van der Waals surface area contributed by atoms with Gasteiger partial charge >= 0.3 is 5.97 Å². The van der Waals surface area contributed by atoms with Crippen LogP contribution >= 0.6 is 0 Å². The second-order valence-corrected chi connectivity index (χ2v) is 7.36. The van der Waals surface area contributed by atoms with Crippen LogP contribution in [0.1, 0.15) is 51.5 Å². The molecule has 1 saturated heterocycles. The first-order valence-electron chi connectivity index (χ1n) is 10.2. The molecule has 1 aromatic rings. The van der Waals surface area contributed by atoms with Gasteiger partial charge in [0, 0.05) is 35.5 Å². The number of carbonyl (C=O) groups is 2. The molecule has 0 radical (unpaired) electrons. The zero-order chi connectivity index (χ0) is 21.4. The number of amidine groups is 1. The van der Waals surface area contributed by atoms with Gasteiger partial charge in [0.15, 0.2) is 0 Å². The highest BCUT2D eigenvalue weighted by molar-refractivity contribution is 5.98. The maximum atomic E-state index is 13.0. The van der Waals surface area contributed by atoms with Gasteiger partial charge in [0.2, 0.25) is 5.91 Å². The molecule has 2 atom stereocenters. The van der Waals surface area contributed by atoms with E-state index in [1.807, 2.05) is 19.1 Å². The molecule has 1 aromatic carbocycles. The van der Waals surface area contributed by atoms with Crippen molar-refractivity contribution in [3.8, 4) is 0 Å². The summed E-state index contributed by atoms with van der Waals surface area (Å²) in [6.45, 7) is 8.92. The average molecular weight is 401 g/mol. The van der Waals surface area contributed by atoms with E-state index in [1.165, 1.54) is 0 Å². The Kier molecular flexibility index (Phi) is 8.24. The summed E-state index contributed by atoms with van der Waals surface area (Å²) >= 11 is 0. The summed E-state index contributed by atoms with van der Waals surface area (Å²) in [6.07, 6.45) is 3.33. The summed E-state index contributed by atoms with van der Waals surface area (Å²) in [6, 6.07) is 7.13. The van der Waals surface area contributed by atoms with Gasteiger partial charge in [-0.25, -0.2) is 0 Å². The summed E-state index contributed by atoms with van der Waals surface area (Å²) < 4.78 is 5.02. The van der Waals surface area contributed by atoms with E-state index in [4.69, 9.17) is 15.9 Å². The molecule has 1 aliphatic rings. The predicted octanol–water partition coefficient (Wildman–Crippen LogP) is 2.94. The second kappa shape index (κ2) is 10.6. The van der Waals surface area contributed by atoms with Crippen LogP contribution in [0.5, 0.6) is 0 Å². The normalized spacial score (nSPS) is 17.5. The number of nitrogens with one attached hydrogen (secondary N) is 2. The summed E-state index contributed by atoms with van der Waals surface area (Å²) in [7, 11) is 0. The number of nitrogen functional groups attached to an aromatic ring is 1. The number of ether oxygens (including phenoxy) is 1. The molecule has 29 heavy (non-hydrogen) atoms. The smallest absolute Gasteiger partial charge is 0.307 e. The minimum absolute atomic E-state index is 0.00932. The van der Waals surface area contributed by atoms with Crippen molar-refractivity contribution in [1.82, 2.24) is 5.32 Å². The van der Waals surface area contributed by atoms with Crippen LogP contribution in [0.25, 0.3) is 0 Å². The molecule has 1 fully saturated rings. The van der Waals surface area contributed by atoms with Gasteiger partial charge < -0.3 is 20.7 Å². The Hall–Kier alpha value is -2.83. The van der Waals surface area contributed by atoms with E-state index in [1.54, 1.807) is 24.0 Å². The van der Waals surface area contributed by atoms with Crippen LogP contribution in [0.3, 0.4) is 0 Å². The predicted molar refractivity (Wildman–Crippen MR) is 115 cm³/mol. The minimum atomic E-state index is -0.228. The van der Waals surface area contributed by atoms with Crippen LogP contribution in [-0.4, -0.2) is 36.9 Å². The van der Waals surface area contributed by atoms with Crippen LogP contribution < -0.4 is 16.0 Å². The van der Waals surface area contributed by atoms with E-state index in [-0.39, 0.29) is 36.1 Å². The van der Waals surface area contributed by atoms with E-state index in [9.17, 15) is 9.59 Å². The Bertz CT molecular complexity index is 745. The second-order valence-electron chi connectivity index (χ2n) is 7.36. The third-order valence-corrected chi connectivity index (χ3v) is 5.15. The zero-order valence-electron chi connectivity index (χ0n) is 17.4. The van der Waals surface area contributed by atoms with Gasteiger partial charge in [-0.3, -0.25) is 15.0 Å². The highest BCUT2D eigenvalue weighted by Gasteiger charge is 2.30. The lowest BCUT2D eigenvalue weighted by molar-refractivity contribution is -0.143. The standard InChI is InChI=1S/C22H32N4O3/c1-4-18(14-20(27)29-5-2)25-15(3)13-17-7-6-12-26(22(17)28)19-10-8-16(9-11-19)21(23)24/h8-11,17-18,25H,3-7,12-14H2,1-2H3,(H3,23,24). The molecule has 1 heterocycles. The van der Waals surface area contributed by atoms with Crippen molar-refractivity contribution >= 4 is 23.4 Å². The fourth-order valence-corrected chi connectivity index (χ4v) is 3.58. The largest absolute Gasteiger partial charge is 0.466 e. The lowest BCUT2D eigenvalue weighted by Gasteiger charge is -2.33. The van der Waals surface area contributed by atoms with E-state index in [2.05, 4.69) is 11.9 Å². The van der Waals surface area contributed by atoms with Gasteiger partial charge in [-0.15, -0.1) is 0 Å².